The second kappa shape index (κ2) is 8.63. The molecular weight excluding hydrogens is 318 g/mol. The van der Waals surface area contributed by atoms with Crippen molar-refractivity contribution in [3.05, 3.63) is 71.2 Å². The Kier molecular flexibility index (Phi) is 6.28. The lowest BCUT2D eigenvalue weighted by atomic mass is 10.1. The molecule has 6 nitrogen and oxygen atoms in total. The predicted octanol–water partition coefficient (Wildman–Crippen LogP) is 4.13. The maximum Gasteiger partial charge on any atom is 0.218 e. The van der Waals surface area contributed by atoms with E-state index in [1.165, 1.54) is 0 Å². The summed E-state index contributed by atoms with van der Waals surface area (Å²) in [6, 6.07) is 14.1. The molecular formula is C19H21N3O3. The molecule has 2 N–H and O–H groups in total. The van der Waals surface area contributed by atoms with Crippen molar-refractivity contribution in [3.8, 4) is 5.75 Å². The molecule has 6 heteroatoms. The maximum absolute atomic E-state index is 12.7. The average molecular weight is 339 g/mol. The zero-order chi connectivity index (χ0) is 18.2. The Morgan fingerprint density at radius 3 is 2.28 bits per heavy atom. The Morgan fingerprint density at radius 2 is 1.72 bits per heavy atom. The van der Waals surface area contributed by atoms with Crippen LogP contribution in [0.15, 0.2) is 70.3 Å². The van der Waals surface area contributed by atoms with Gasteiger partial charge in [0, 0.05) is 5.56 Å². The molecule has 2 aromatic carbocycles. The third-order valence-electron chi connectivity index (χ3n) is 3.40. The molecule has 0 saturated carbocycles. The Labute approximate surface area is 147 Å². The van der Waals surface area contributed by atoms with Crippen molar-refractivity contribution in [2.24, 2.45) is 16.0 Å². The minimum absolute atomic E-state index is 0.0264. The molecule has 0 atom stereocenters. The Morgan fingerprint density at radius 1 is 1.08 bits per heavy atom. The molecule has 0 unspecified atom stereocenters. The van der Waals surface area contributed by atoms with Crippen molar-refractivity contribution in [1.29, 1.82) is 0 Å². The lowest BCUT2D eigenvalue weighted by molar-refractivity contribution is 0.102. The summed E-state index contributed by atoms with van der Waals surface area (Å²) in [5.41, 5.74) is 7.94. The molecule has 2 rings (SSSR count). The highest BCUT2D eigenvalue weighted by Gasteiger charge is 2.17. The van der Waals surface area contributed by atoms with Crippen molar-refractivity contribution < 1.29 is 14.3 Å². The molecule has 0 saturated heterocycles. The number of benzene rings is 2. The second-order valence-electron chi connectivity index (χ2n) is 5.24. The number of hydrogen-bond acceptors (Lipinski definition) is 6. The number of methoxy groups -OCH3 is 1. The standard InChI is InChI=1S/C19H21N3O3/c1-4-25-19(20)17(18(23)14-7-5-13(2)6-8-14)22-21-15-9-11-16(24-3)12-10-15/h5-12H,4,20H2,1-3H3/b19-17-,22-21?. The first-order valence-corrected chi connectivity index (χ1v) is 7.85. The molecule has 0 spiro atoms. The van der Waals surface area contributed by atoms with Gasteiger partial charge >= 0.3 is 0 Å². The molecule has 2 aromatic rings. The van der Waals surface area contributed by atoms with Crippen LogP contribution < -0.4 is 10.5 Å². The van der Waals surface area contributed by atoms with Crippen molar-refractivity contribution in [1.82, 2.24) is 0 Å². The van der Waals surface area contributed by atoms with Gasteiger partial charge in [-0.15, -0.1) is 5.11 Å². The van der Waals surface area contributed by atoms with Gasteiger partial charge in [-0.2, -0.15) is 5.11 Å². The van der Waals surface area contributed by atoms with E-state index in [0.717, 1.165) is 5.56 Å². The van der Waals surface area contributed by atoms with E-state index in [1.807, 2.05) is 19.1 Å². The van der Waals surface area contributed by atoms with Gasteiger partial charge in [0.2, 0.25) is 11.7 Å². The fraction of sp³-hybridized carbons (Fsp3) is 0.211. The van der Waals surface area contributed by atoms with Crippen LogP contribution in [0, 0.1) is 6.92 Å². The van der Waals surface area contributed by atoms with Crippen LogP contribution in [0.5, 0.6) is 5.75 Å². The molecule has 0 aromatic heterocycles. The van der Waals surface area contributed by atoms with Crippen LogP contribution in [-0.4, -0.2) is 19.5 Å². The highest BCUT2D eigenvalue weighted by atomic mass is 16.5. The van der Waals surface area contributed by atoms with Gasteiger partial charge in [0.25, 0.3) is 0 Å². The number of allylic oxidation sites excluding steroid dienone is 1. The summed E-state index contributed by atoms with van der Waals surface area (Å²) >= 11 is 0. The van der Waals surface area contributed by atoms with Gasteiger partial charge < -0.3 is 15.2 Å². The number of azo groups is 1. The molecule has 0 bridgehead atoms. The van der Waals surface area contributed by atoms with Gasteiger partial charge in [0.1, 0.15) is 5.75 Å². The molecule has 0 aliphatic rings. The molecule has 0 aliphatic carbocycles. The van der Waals surface area contributed by atoms with Crippen LogP contribution in [0.1, 0.15) is 22.8 Å². The first kappa shape index (κ1) is 18.2. The number of nitrogens with zero attached hydrogens (tertiary/aromatic N) is 2. The van der Waals surface area contributed by atoms with Gasteiger partial charge in [0.15, 0.2) is 5.70 Å². The summed E-state index contributed by atoms with van der Waals surface area (Å²) in [6.07, 6.45) is 0. The highest BCUT2D eigenvalue weighted by molar-refractivity contribution is 6.08. The van der Waals surface area contributed by atoms with Crippen LogP contribution >= 0.6 is 0 Å². The summed E-state index contributed by atoms with van der Waals surface area (Å²) in [6.45, 7) is 4.05. The highest BCUT2D eigenvalue weighted by Crippen LogP contribution is 2.21. The lowest BCUT2D eigenvalue weighted by Crippen LogP contribution is -2.12. The number of rotatable bonds is 7. The first-order valence-electron chi connectivity index (χ1n) is 7.85. The number of aryl methyl sites for hydroxylation is 1. The van der Waals surface area contributed by atoms with Crippen LogP contribution in [0.25, 0.3) is 0 Å². The monoisotopic (exact) mass is 339 g/mol. The minimum atomic E-state index is -0.344. The zero-order valence-electron chi connectivity index (χ0n) is 14.5. The van der Waals surface area contributed by atoms with E-state index in [9.17, 15) is 4.79 Å². The normalized spacial score (nSPS) is 12.0. The molecule has 130 valence electrons. The van der Waals surface area contributed by atoms with E-state index >= 15 is 0 Å². The molecule has 25 heavy (non-hydrogen) atoms. The van der Waals surface area contributed by atoms with E-state index in [0.29, 0.717) is 23.6 Å². The van der Waals surface area contributed by atoms with Crippen molar-refractivity contribution in [3.63, 3.8) is 0 Å². The van der Waals surface area contributed by atoms with E-state index < -0.39 is 0 Å². The quantitative estimate of drug-likeness (QED) is 0.355. The molecule has 0 heterocycles. The number of ether oxygens (including phenoxy) is 2. The van der Waals surface area contributed by atoms with Gasteiger partial charge in [0.05, 0.1) is 19.4 Å². The van der Waals surface area contributed by atoms with Gasteiger partial charge in [-0.1, -0.05) is 29.8 Å². The minimum Gasteiger partial charge on any atom is -0.497 e. The smallest absolute Gasteiger partial charge is 0.218 e. The summed E-state index contributed by atoms with van der Waals surface area (Å²) < 4.78 is 10.4. The molecule has 0 fully saturated rings. The van der Waals surface area contributed by atoms with Crippen LogP contribution in [0.2, 0.25) is 0 Å². The van der Waals surface area contributed by atoms with Crippen molar-refractivity contribution in [2.45, 2.75) is 13.8 Å². The van der Waals surface area contributed by atoms with Crippen LogP contribution in [-0.2, 0) is 4.74 Å². The third-order valence-corrected chi connectivity index (χ3v) is 3.40. The van der Waals surface area contributed by atoms with Crippen molar-refractivity contribution >= 4 is 11.5 Å². The zero-order valence-corrected chi connectivity index (χ0v) is 14.5. The largest absolute Gasteiger partial charge is 0.497 e. The Balaban J connectivity index is 2.32. The van der Waals surface area contributed by atoms with E-state index in [4.69, 9.17) is 15.2 Å². The summed E-state index contributed by atoms with van der Waals surface area (Å²) in [5.74, 6) is 0.313. The molecule has 0 radical (unpaired) electrons. The van der Waals surface area contributed by atoms with Gasteiger partial charge in [-0.05, 0) is 38.1 Å². The Hall–Kier alpha value is -3.15. The number of Topliss-reactive ketones (excluding diaryl/α,β-unsaturated/α-hetero) is 1. The lowest BCUT2D eigenvalue weighted by Gasteiger charge is -2.07. The Bertz CT molecular complexity index is 779. The van der Waals surface area contributed by atoms with E-state index in [1.54, 1.807) is 50.4 Å². The number of nitrogens with two attached hydrogens (primary N) is 1. The predicted molar refractivity (Wildman–Crippen MR) is 95.9 cm³/mol. The fourth-order valence-electron chi connectivity index (χ4n) is 2.03. The van der Waals surface area contributed by atoms with Crippen LogP contribution in [0.3, 0.4) is 0 Å². The SMILES string of the molecule is CCO/C(N)=C(\N=Nc1ccc(OC)cc1)C(=O)c1ccc(C)cc1. The average Bonchev–Trinajstić information content (AvgIpc) is 2.63. The molecule has 0 aliphatic heterocycles. The number of carbonyl (C=O) groups is 1. The van der Waals surface area contributed by atoms with Crippen LogP contribution in [0.4, 0.5) is 5.69 Å². The number of ketones is 1. The summed E-state index contributed by atoms with van der Waals surface area (Å²) in [5, 5.41) is 8.11. The third kappa shape index (κ3) is 4.91. The number of carbonyl (C=O) groups excluding carboxylic acids is 1. The van der Waals surface area contributed by atoms with Crippen molar-refractivity contribution in [2.75, 3.05) is 13.7 Å². The maximum atomic E-state index is 12.7. The summed E-state index contributed by atoms with van der Waals surface area (Å²) in [7, 11) is 1.58. The van der Waals surface area contributed by atoms with Gasteiger partial charge in [-0.25, -0.2) is 0 Å². The van der Waals surface area contributed by atoms with E-state index in [-0.39, 0.29) is 17.4 Å². The molecule has 0 amide bonds. The second-order valence-corrected chi connectivity index (χ2v) is 5.24. The number of hydrogen-bond donors (Lipinski definition) is 1. The van der Waals surface area contributed by atoms with Gasteiger partial charge in [-0.3, -0.25) is 4.79 Å². The topological polar surface area (TPSA) is 86.3 Å². The summed E-state index contributed by atoms with van der Waals surface area (Å²) in [4.78, 5) is 12.7. The fourth-order valence-corrected chi connectivity index (χ4v) is 2.03. The van der Waals surface area contributed by atoms with E-state index in [2.05, 4.69) is 10.2 Å². The first-order chi connectivity index (χ1) is 12.0.